The minimum absolute atomic E-state index is 0. The summed E-state index contributed by atoms with van der Waals surface area (Å²) in [6.07, 6.45) is 2.40. The van der Waals surface area contributed by atoms with Crippen LogP contribution in [-0.2, 0) is 0 Å². The lowest BCUT2D eigenvalue weighted by Crippen LogP contribution is -2.08. The van der Waals surface area contributed by atoms with Crippen LogP contribution in [0.3, 0.4) is 0 Å². The summed E-state index contributed by atoms with van der Waals surface area (Å²) in [6, 6.07) is 4.11. The molecule has 0 bridgehead atoms. The standard InChI is InChI=1S/C8H10O3.C7H11NO.C7H11NS.C6H10N2S.C5H8N2O2.C4H8N4.4CH4/c1-5(2)6-3-11-4-7(9)8(6)10;2*1-5(2)7-4-6(3)8-9-7;1-4(2)6-5(3)7-9-8-6;1-3(2)4-6-5(8)9-7-4;1-3(2)4-5-7-8-6-4;;;;/h3-5,9H,1-2H3;2*4-5H,1-3H3;4H,1-3H3;3H,1-2H3,(H,6,7,8);3H,1-2H3,(H,5,6,7,8);4*1H4. The number of H-pyrrole nitrogens is 2. The summed E-state index contributed by atoms with van der Waals surface area (Å²) in [5, 5.41) is 29.5. The second-order valence-electron chi connectivity index (χ2n) is 14.2. The van der Waals surface area contributed by atoms with Crippen molar-refractivity contribution in [3.05, 3.63) is 96.1 Å². The maximum atomic E-state index is 11.1. The summed E-state index contributed by atoms with van der Waals surface area (Å²) in [7, 11) is 0. The zero-order valence-corrected chi connectivity index (χ0v) is 36.3. The first kappa shape index (κ1) is 60.8. The van der Waals surface area contributed by atoms with E-state index in [1.807, 2.05) is 68.4 Å². The number of nitrogens with zero attached hydrogens (tertiary/aromatic N) is 8. The highest BCUT2D eigenvalue weighted by Gasteiger charge is 2.09. The van der Waals surface area contributed by atoms with Crippen molar-refractivity contribution in [2.24, 2.45) is 0 Å². The molecule has 0 radical (unpaired) electrons. The van der Waals surface area contributed by atoms with E-state index in [4.69, 9.17) is 14.0 Å². The van der Waals surface area contributed by atoms with Gasteiger partial charge in [0.05, 0.1) is 40.8 Å². The molecule has 0 saturated carbocycles. The van der Waals surface area contributed by atoms with Crippen molar-refractivity contribution in [3.8, 4) is 5.75 Å². The second kappa shape index (κ2) is 31.1. The number of aromatic hydroxyl groups is 1. The monoisotopic (exact) mass is 867 g/mol. The lowest BCUT2D eigenvalue weighted by molar-refractivity contribution is 0.368. The average molecular weight is 867 g/mol. The molecule has 6 aromatic heterocycles. The zero-order valence-electron chi connectivity index (χ0n) is 34.7. The SMILES string of the molecule is C.C.C.C.CC(C)c1cocc(O)c1=O.CC(C)c1nn[nH]n1.CC(C)c1noc(=O)[nH]1.Cc1cc(C(C)C)on1.Cc1cc(C(C)C)sn1.Cc1nsnc1C(C)C. The van der Waals surface area contributed by atoms with Crippen molar-refractivity contribution in [2.75, 3.05) is 0 Å². The number of rotatable bonds is 6. The van der Waals surface area contributed by atoms with E-state index in [9.17, 15) is 9.59 Å². The van der Waals surface area contributed by atoms with Gasteiger partial charge in [-0.05, 0) is 56.1 Å². The van der Waals surface area contributed by atoms with E-state index in [0.29, 0.717) is 35.1 Å². The van der Waals surface area contributed by atoms with Gasteiger partial charge in [-0.2, -0.15) is 18.3 Å². The molecule has 59 heavy (non-hydrogen) atoms. The highest BCUT2D eigenvalue weighted by atomic mass is 32.1. The lowest BCUT2D eigenvalue weighted by atomic mass is 10.1. The van der Waals surface area contributed by atoms with Crippen molar-refractivity contribution in [2.45, 2.75) is 169 Å². The second-order valence-corrected chi connectivity index (χ2v) is 15.6. The third kappa shape index (κ3) is 23.4. The molecule has 0 unspecified atom stereocenters. The molecule has 0 aromatic carbocycles. The van der Waals surface area contributed by atoms with Crippen molar-refractivity contribution in [1.29, 1.82) is 0 Å². The highest BCUT2D eigenvalue weighted by molar-refractivity contribution is 7.05. The van der Waals surface area contributed by atoms with E-state index in [2.05, 4.69) is 101 Å². The summed E-state index contributed by atoms with van der Waals surface area (Å²) < 4.78 is 26.4. The third-order valence-corrected chi connectivity index (χ3v) is 8.85. The van der Waals surface area contributed by atoms with Crippen molar-refractivity contribution in [3.63, 3.8) is 0 Å². The number of aromatic nitrogens is 10. The van der Waals surface area contributed by atoms with E-state index in [1.54, 1.807) is 11.5 Å². The smallest absolute Gasteiger partial charge is 0.438 e. The Balaban J connectivity index is -0.000000304. The predicted molar refractivity (Wildman–Crippen MR) is 242 cm³/mol. The van der Waals surface area contributed by atoms with Crippen molar-refractivity contribution < 1.29 is 18.6 Å². The van der Waals surface area contributed by atoms with Gasteiger partial charge in [-0.15, -0.1) is 10.2 Å². The van der Waals surface area contributed by atoms with Crippen molar-refractivity contribution >= 4 is 23.3 Å². The summed E-state index contributed by atoms with van der Waals surface area (Å²) >= 11 is 2.90. The van der Waals surface area contributed by atoms with Crippen LogP contribution >= 0.6 is 23.3 Å². The number of hydrogen-bond donors (Lipinski definition) is 3. The van der Waals surface area contributed by atoms with Crippen LogP contribution in [0.1, 0.15) is 199 Å². The molecular formula is C41H74N10O6S2. The van der Waals surface area contributed by atoms with Gasteiger partial charge < -0.3 is 14.0 Å². The molecule has 0 saturated heterocycles. The molecule has 6 aromatic rings. The number of aromatic amines is 2. The van der Waals surface area contributed by atoms with Crippen LogP contribution in [0.4, 0.5) is 0 Å². The van der Waals surface area contributed by atoms with Crippen LogP contribution < -0.4 is 11.2 Å². The molecule has 0 aliphatic carbocycles. The Kier molecular flexibility index (Phi) is 32.1. The van der Waals surface area contributed by atoms with Crippen LogP contribution in [0.2, 0.25) is 0 Å². The topological polar surface area (TPSA) is 228 Å². The molecular weight excluding hydrogens is 793 g/mol. The normalized spacial score (nSPS) is 9.85. The van der Waals surface area contributed by atoms with Crippen LogP contribution in [0.15, 0.2) is 47.7 Å². The predicted octanol–water partition coefficient (Wildman–Crippen LogP) is 11.5. The molecule has 18 heteroatoms. The molecule has 16 nitrogen and oxygen atoms in total. The zero-order chi connectivity index (χ0) is 41.8. The fraction of sp³-hybridized carbons (Fsp3) is 0.610. The van der Waals surface area contributed by atoms with Crippen LogP contribution in [-0.4, -0.2) is 54.1 Å². The Labute approximate surface area is 360 Å². The van der Waals surface area contributed by atoms with Gasteiger partial charge in [-0.3, -0.25) is 14.3 Å². The first-order valence-electron chi connectivity index (χ1n) is 18.0. The van der Waals surface area contributed by atoms with E-state index in [-0.39, 0.29) is 52.7 Å². The fourth-order valence-corrected chi connectivity index (χ4v) is 5.23. The molecule has 0 fully saturated rings. The molecule has 6 rings (SSSR count). The minimum Gasteiger partial charge on any atom is -0.502 e. The number of hydrogen-bond acceptors (Lipinski definition) is 16. The molecule has 0 aliphatic rings. The minimum atomic E-state index is -0.487. The number of aryl methyl sites for hydroxylation is 3. The van der Waals surface area contributed by atoms with Crippen LogP contribution in [0.25, 0.3) is 0 Å². The van der Waals surface area contributed by atoms with E-state index >= 15 is 0 Å². The first-order valence-corrected chi connectivity index (χ1v) is 19.5. The first-order chi connectivity index (χ1) is 25.7. The van der Waals surface area contributed by atoms with Gasteiger partial charge in [0.2, 0.25) is 5.43 Å². The molecule has 3 N–H and O–H groups in total. The Morgan fingerprint density at radius 2 is 1.31 bits per heavy atom. The molecule has 6 heterocycles. The molecule has 0 aliphatic heterocycles. The summed E-state index contributed by atoms with van der Waals surface area (Å²) in [5.41, 5.74) is 4.48. The van der Waals surface area contributed by atoms with Crippen LogP contribution in [0, 0.1) is 20.8 Å². The summed E-state index contributed by atoms with van der Waals surface area (Å²) in [4.78, 5) is 25.2. The van der Waals surface area contributed by atoms with Gasteiger partial charge in [0.25, 0.3) is 0 Å². The van der Waals surface area contributed by atoms with Gasteiger partial charge in [0.15, 0.2) is 17.4 Å². The van der Waals surface area contributed by atoms with Gasteiger partial charge in [-0.25, -0.2) is 4.79 Å². The maximum Gasteiger partial charge on any atom is 0.438 e. The van der Waals surface area contributed by atoms with E-state index < -0.39 is 5.76 Å². The average Bonchev–Trinajstić information content (AvgIpc) is 3.95. The lowest BCUT2D eigenvalue weighted by Gasteiger charge is -2.01. The Morgan fingerprint density at radius 3 is 1.56 bits per heavy atom. The van der Waals surface area contributed by atoms with E-state index in [1.165, 1.54) is 22.9 Å². The Hall–Kier alpha value is -4.84. The van der Waals surface area contributed by atoms with Gasteiger partial charge >= 0.3 is 5.76 Å². The van der Waals surface area contributed by atoms with Crippen LogP contribution in [0.5, 0.6) is 5.75 Å². The van der Waals surface area contributed by atoms with Crippen molar-refractivity contribution in [1.82, 2.24) is 49.0 Å². The van der Waals surface area contributed by atoms with E-state index in [0.717, 1.165) is 40.6 Å². The molecule has 0 spiro atoms. The Bertz CT molecular complexity index is 1960. The molecule has 0 amide bonds. The fourth-order valence-electron chi connectivity index (χ4n) is 3.80. The highest BCUT2D eigenvalue weighted by Crippen LogP contribution is 2.19. The maximum absolute atomic E-state index is 11.1. The number of nitrogens with one attached hydrogen (secondary N) is 2. The molecule has 0 atom stereocenters. The molecule has 336 valence electrons. The Morgan fingerprint density at radius 1 is 0.678 bits per heavy atom. The number of tetrazole rings is 1. The van der Waals surface area contributed by atoms with Gasteiger partial charge in [0, 0.05) is 34.3 Å². The summed E-state index contributed by atoms with van der Waals surface area (Å²) in [5.74, 6) is 3.79. The third-order valence-electron chi connectivity index (χ3n) is 7.04. The van der Waals surface area contributed by atoms with Gasteiger partial charge in [-0.1, -0.05) is 128 Å². The quantitative estimate of drug-likeness (QED) is 0.141. The largest absolute Gasteiger partial charge is 0.502 e. The summed E-state index contributed by atoms with van der Waals surface area (Å²) in [6.45, 7) is 30.4. The van der Waals surface area contributed by atoms with Gasteiger partial charge in [0.1, 0.15) is 12.0 Å².